The van der Waals surface area contributed by atoms with Crippen LogP contribution in [0.3, 0.4) is 0 Å². The van der Waals surface area contributed by atoms with Gasteiger partial charge in [-0.1, -0.05) is 35.9 Å². The van der Waals surface area contributed by atoms with E-state index in [9.17, 15) is 4.79 Å². The van der Waals surface area contributed by atoms with Crippen LogP contribution >= 0.6 is 11.6 Å². The molecule has 0 aromatic heterocycles. The minimum Gasteiger partial charge on any atom is -0.494 e. The van der Waals surface area contributed by atoms with Crippen LogP contribution in [0.25, 0.3) is 12.2 Å². The van der Waals surface area contributed by atoms with Crippen LogP contribution in [0.4, 0.5) is 0 Å². The Morgan fingerprint density at radius 1 is 1.04 bits per heavy atom. The van der Waals surface area contributed by atoms with Crippen molar-refractivity contribution in [3.63, 3.8) is 0 Å². The van der Waals surface area contributed by atoms with Crippen molar-refractivity contribution in [2.24, 2.45) is 4.99 Å². The first-order valence-electron chi connectivity index (χ1n) is 7.83. The van der Waals surface area contributed by atoms with Crippen LogP contribution in [0.2, 0.25) is 5.02 Å². The second-order valence-corrected chi connectivity index (χ2v) is 5.69. The zero-order chi connectivity index (χ0) is 17.6. The maximum atomic E-state index is 11.9. The van der Waals surface area contributed by atoms with E-state index in [2.05, 4.69) is 4.99 Å². The molecule has 25 heavy (non-hydrogen) atoms. The Morgan fingerprint density at radius 2 is 1.72 bits per heavy atom. The van der Waals surface area contributed by atoms with Crippen LogP contribution in [0.1, 0.15) is 18.1 Å². The molecule has 1 aliphatic rings. The molecule has 0 atom stereocenters. The van der Waals surface area contributed by atoms with Gasteiger partial charge >= 0.3 is 5.97 Å². The topological polar surface area (TPSA) is 47.9 Å². The summed E-state index contributed by atoms with van der Waals surface area (Å²) in [5, 5.41) is 0.669. The third-order valence-corrected chi connectivity index (χ3v) is 3.67. The van der Waals surface area contributed by atoms with Gasteiger partial charge in [-0.15, -0.1) is 0 Å². The Balaban J connectivity index is 1.74. The molecule has 0 aliphatic carbocycles. The molecule has 0 N–H and O–H groups in total. The molecule has 0 saturated carbocycles. The van der Waals surface area contributed by atoms with Crippen molar-refractivity contribution in [3.8, 4) is 5.75 Å². The number of rotatable bonds is 5. The minimum atomic E-state index is -0.468. The van der Waals surface area contributed by atoms with E-state index >= 15 is 0 Å². The Kier molecular flexibility index (Phi) is 5.31. The van der Waals surface area contributed by atoms with Crippen LogP contribution in [0.15, 0.2) is 65.3 Å². The number of ether oxygens (including phenoxy) is 2. The van der Waals surface area contributed by atoms with Gasteiger partial charge in [0.15, 0.2) is 5.70 Å². The third kappa shape index (κ3) is 4.58. The van der Waals surface area contributed by atoms with Crippen molar-refractivity contribution >= 4 is 35.6 Å². The van der Waals surface area contributed by atoms with Crippen molar-refractivity contribution in [1.29, 1.82) is 0 Å². The van der Waals surface area contributed by atoms with Gasteiger partial charge in [-0.25, -0.2) is 9.79 Å². The Morgan fingerprint density at radius 3 is 2.40 bits per heavy atom. The molecule has 1 heterocycles. The van der Waals surface area contributed by atoms with Crippen LogP contribution in [0.5, 0.6) is 5.75 Å². The summed E-state index contributed by atoms with van der Waals surface area (Å²) in [6.07, 6.45) is 5.14. The Hall–Kier alpha value is -2.85. The van der Waals surface area contributed by atoms with Gasteiger partial charge in [0.05, 0.1) is 6.61 Å². The lowest BCUT2D eigenvalue weighted by Crippen LogP contribution is -2.01. The normalized spacial score (nSPS) is 15.5. The predicted molar refractivity (Wildman–Crippen MR) is 99.6 cm³/mol. The lowest BCUT2D eigenvalue weighted by Gasteiger charge is -2.02. The first-order valence-corrected chi connectivity index (χ1v) is 8.21. The number of cyclic esters (lactones) is 1. The highest BCUT2D eigenvalue weighted by Crippen LogP contribution is 2.19. The Bertz CT molecular complexity index is 850. The second kappa shape index (κ2) is 7.81. The fraction of sp³-hybridized carbons (Fsp3) is 0.100. The van der Waals surface area contributed by atoms with E-state index in [0.29, 0.717) is 11.6 Å². The predicted octanol–water partition coefficient (Wildman–Crippen LogP) is 4.75. The van der Waals surface area contributed by atoms with Crippen LogP contribution in [-0.2, 0) is 9.53 Å². The van der Waals surface area contributed by atoms with Gasteiger partial charge in [0.1, 0.15) is 5.75 Å². The SMILES string of the molecule is CCOc1ccc(/C=C2N=C(/C=C/c3ccc(Cl)cc3)OC/2=O)cc1. The maximum Gasteiger partial charge on any atom is 0.363 e. The molecule has 2 aromatic rings. The minimum absolute atomic E-state index is 0.261. The maximum absolute atomic E-state index is 11.9. The van der Waals surface area contributed by atoms with E-state index < -0.39 is 5.97 Å². The number of esters is 1. The van der Waals surface area contributed by atoms with Crippen LogP contribution in [-0.4, -0.2) is 18.5 Å². The van der Waals surface area contributed by atoms with Crippen LogP contribution in [0, 0.1) is 0 Å². The molecule has 0 spiro atoms. The molecule has 0 bridgehead atoms. The van der Waals surface area contributed by atoms with Crippen molar-refractivity contribution in [2.45, 2.75) is 6.92 Å². The van der Waals surface area contributed by atoms with Gasteiger partial charge in [0, 0.05) is 11.1 Å². The monoisotopic (exact) mass is 353 g/mol. The lowest BCUT2D eigenvalue weighted by atomic mass is 10.2. The fourth-order valence-corrected chi connectivity index (χ4v) is 2.35. The smallest absolute Gasteiger partial charge is 0.363 e. The van der Waals surface area contributed by atoms with E-state index in [1.165, 1.54) is 0 Å². The highest BCUT2D eigenvalue weighted by molar-refractivity contribution is 6.30. The van der Waals surface area contributed by atoms with E-state index in [1.807, 2.05) is 49.4 Å². The zero-order valence-corrected chi connectivity index (χ0v) is 14.4. The Labute approximate surface area is 151 Å². The average molecular weight is 354 g/mol. The first kappa shape index (κ1) is 17.0. The molecule has 0 saturated heterocycles. The summed E-state index contributed by atoms with van der Waals surface area (Å²) in [6, 6.07) is 14.7. The molecule has 0 radical (unpaired) electrons. The number of nitrogens with zero attached hydrogens (tertiary/aromatic N) is 1. The molecular formula is C20H16ClNO3. The second-order valence-electron chi connectivity index (χ2n) is 5.26. The molecule has 1 aliphatic heterocycles. The quantitative estimate of drug-likeness (QED) is 0.575. The standard InChI is InChI=1S/C20H16ClNO3/c1-2-24-17-10-5-15(6-11-17)13-18-20(23)25-19(22-18)12-7-14-3-8-16(21)9-4-14/h3-13H,2H2,1H3/b12-7+,18-13+. The molecule has 2 aromatic carbocycles. The molecule has 0 amide bonds. The molecule has 4 nitrogen and oxygen atoms in total. The first-order chi connectivity index (χ1) is 12.1. The number of hydrogen-bond acceptors (Lipinski definition) is 4. The number of benzene rings is 2. The molecule has 0 fully saturated rings. The highest BCUT2D eigenvalue weighted by atomic mass is 35.5. The van der Waals surface area contributed by atoms with Gasteiger partial charge in [0.25, 0.3) is 0 Å². The van der Waals surface area contributed by atoms with Gasteiger partial charge in [-0.2, -0.15) is 0 Å². The summed E-state index contributed by atoms with van der Waals surface area (Å²) in [5.74, 6) is 0.579. The van der Waals surface area contributed by atoms with E-state index in [0.717, 1.165) is 16.9 Å². The largest absolute Gasteiger partial charge is 0.494 e. The fourth-order valence-electron chi connectivity index (χ4n) is 2.22. The number of hydrogen-bond donors (Lipinski definition) is 0. The van der Waals surface area contributed by atoms with E-state index in [1.54, 1.807) is 24.3 Å². The van der Waals surface area contributed by atoms with Gasteiger partial charge in [-0.05, 0) is 54.5 Å². The molecule has 5 heteroatoms. The van der Waals surface area contributed by atoms with Gasteiger partial charge in [-0.3, -0.25) is 0 Å². The average Bonchev–Trinajstić information content (AvgIpc) is 2.96. The highest BCUT2D eigenvalue weighted by Gasteiger charge is 2.21. The third-order valence-electron chi connectivity index (χ3n) is 3.42. The number of carbonyl (C=O) groups is 1. The summed E-state index contributed by atoms with van der Waals surface area (Å²) in [6.45, 7) is 2.54. The summed E-state index contributed by atoms with van der Waals surface area (Å²) in [5.41, 5.74) is 2.05. The summed E-state index contributed by atoms with van der Waals surface area (Å²) < 4.78 is 10.6. The van der Waals surface area contributed by atoms with Crippen molar-refractivity contribution in [1.82, 2.24) is 0 Å². The molecular weight excluding hydrogens is 338 g/mol. The van der Waals surface area contributed by atoms with Crippen LogP contribution < -0.4 is 4.74 Å². The summed E-state index contributed by atoms with van der Waals surface area (Å²) in [7, 11) is 0. The van der Waals surface area contributed by atoms with Gasteiger partial charge in [0.2, 0.25) is 5.90 Å². The summed E-state index contributed by atoms with van der Waals surface area (Å²) in [4.78, 5) is 16.2. The van der Waals surface area contributed by atoms with Crippen molar-refractivity contribution in [3.05, 3.63) is 76.5 Å². The van der Waals surface area contributed by atoms with Crippen molar-refractivity contribution < 1.29 is 14.3 Å². The zero-order valence-electron chi connectivity index (χ0n) is 13.6. The molecule has 3 rings (SSSR count). The molecule has 126 valence electrons. The molecule has 0 unspecified atom stereocenters. The van der Waals surface area contributed by atoms with Crippen molar-refractivity contribution in [2.75, 3.05) is 6.61 Å². The lowest BCUT2D eigenvalue weighted by molar-refractivity contribution is -0.129. The van der Waals surface area contributed by atoms with E-state index in [4.69, 9.17) is 21.1 Å². The van der Waals surface area contributed by atoms with E-state index in [-0.39, 0.29) is 11.6 Å². The number of halogens is 1. The number of carbonyl (C=O) groups excluding carboxylic acids is 1. The van der Waals surface area contributed by atoms with Gasteiger partial charge < -0.3 is 9.47 Å². The number of aliphatic imine (C=N–C) groups is 1. The summed E-state index contributed by atoms with van der Waals surface area (Å²) >= 11 is 5.85.